The van der Waals surface area contributed by atoms with E-state index in [4.69, 9.17) is 0 Å². The van der Waals surface area contributed by atoms with Gasteiger partial charge in [-0.3, -0.25) is 4.18 Å². The molecule has 0 amide bonds. The maximum Gasteiger partial charge on any atom is 0.523 e. The standard InChI is InChI=1S/C7H11F3O3S/c1-2-6(4-3-5-6)13-14(11,12)7(8,9)10/h2-5H2,1H3. The van der Waals surface area contributed by atoms with E-state index in [1.807, 2.05) is 0 Å². The first-order valence-corrected chi connectivity index (χ1v) is 5.65. The first kappa shape index (κ1) is 11.8. The van der Waals surface area contributed by atoms with Crippen LogP contribution in [0.1, 0.15) is 32.6 Å². The predicted octanol–water partition coefficient (Wildman–Crippen LogP) is 2.19. The number of rotatable bonds is 3. The summed E-state index contributed by atoms with van der Waals surface area (Å²) < 4.78 is 61.4. The van der Waals surface area contributed by atoms with Crippen molar-refractivity contribution in [1.29, 1.82) is 0 Å². The van der Waals surface area contributed by atoms with Gasteiger partial charge in [0.25, 0.3) is 0 Å². The van der Waals surface area contributed by atoms with Gasteiger partial charge in [-0.2, -0.15) is 21.6 Å². The highest BCUT2D eigenvalue weighted by atomic mass is 32.2. The summed E-state index contributed by atoms with van der Waals surface area (Å²) in [6, 6.07) is 0. The SMILES string of the molecule is CCC1(OS(=O)(=O)C(F)(F)F)CCC1. The van der Waals surface area contributed by atoms with Crippen molar-refractivity contribution in [3.63, 3.8) is 0 Å². The summed E-state index contributed by atoms with van der Waals surface area (Å²) >= 11 is 0. The van der Waals surface area contributed by atoms with E-state index in [1.165, 1.54) is 0 Å². The molecule has 7 heteroatoms. The Hall–Kier alpha value is -0.300. The van der Waals surface area contributed by atoms with Crippen molar-refractivity contribution in [3.05, 3.63) is 0 Å². The van der Waals surface area contributed by atoms with Crippen molar-refractivity contribution in [2.45, 2.75) is 43.7 Å². The zero-order valence-electron chi connectivity index (χ0n) is 7.60. The first-order valence-electron chi connectivity index (χ1n) is 4.24. The average Bonchev–Trinajstić information content (AvgIpc) is 1.94. The van der Waals surface area contributed by atoms with Gasteiger partial charge in [-0.25, -0.2) is 0 Å². The van der Waals surface area contributed by atoms with E-state index in [9.17, 15) is 21.6 Å². The number of alkyl halides is 3. The Morgan fingerprint density at radius 3 is 2.07 bits per heavy atom. The van der Waals surface area contributed by atoms with Crippen molar-refractivity contribution < 1.29 is 25.8 Å². The Balaban J connectivity index is 2.78. The summed E-state index contributed by atoms with van der Waals surface area (Å²) in [5.41, 5.74) is -6.42. The molecule has 0 spiro atoms. The lowest BCUT2D eigenvalue weighted by atomic mass is 9.78. The molecule has 0 radical (unpaired) electrons. The zero-order chi connectivity index (χ0) is 11.0. The lowest BCUT2D eigenvalue weighted by molar-refractivity contribution is -0.0784. The predicted molar refractivity (Wildman–Crippen MR) is 42.9 cm³/mol. The Bertz CT molecular complexity index is 297. The summed E-state index contributed by atoms with van der Waals surface area (Å²) in [4.78, 5) is 0. The smallest absolute Gasteiger partial charge is 0.257 e. The lowest BCUT2D eigenvalue weighted by Gasteiger charge is -2.39. The zero-order valence-corrected chi connectivity index (χ0v) is 8.41. The van der Waals surface area contributed by atoms with E-state index in [-0.39, 0.29) is 6.42 Å². The Kier molecular flexibility index (Phi) is 2.84. The Morgan fingerprint density at radius 1 is 1.36 bits per heavy atom. The van der Waals surface area contributed by atoms with Crippen LogP contribution in [0.4, 0.5) is 13.2 Å². The van der Waals surface area contributed by atoms with Gasteiger partial charge < -0.3 is 0 Å². The fourth-order valence-corrected chi connectivity index (χ4v) is 2.19. The van der Waals surface area contributed by atoms with Crippen LogP contribution in [-0.2, 0) is 14.3 Å². The van der Waals surface area contributed by atoms with Crippen LogP contribution in [0, 0.1) is 0 Å². The van der Waals surface area contributed by atoms with Gasteiger partial charge in [0.15, 0.2) is 0 Å². The average molecular weight is 232 g/mol. The van der Waals surface area contributed by atoms with E-state index < -0.39 is 21.2 Å². The van der Waals surface area contributed by atoms with E-state index >= 15 is 0 Å². The molecule has 0 aromatic carbocycles. The summed E-state index contributed by atoms with van der Waals surface area (Å²) in [6.07, 6.45) is 1.74. The van der Waals surface area contributed by atoms with Crippen LogP contribution in [0.5, 0.6) is 0 Å². The molecule has 0 heterocycles. The van der Waals surface area contributed by atoms with Crippen LogP contribution in [-0.4, -0.2) is 19.5 Å². The highest BCUT2D eigenvalue weighted by Gasteiger charge is 2.53. The minimum Gasteiger partial charge on any atom is -0.257 e. The molecule has 0 N–H and O–H groups in total. The molecular weight excluding hydrogens is 221 g/mol. The molecule has 1 saturated carbocycles. The van der Waals surface area contributed by atoms with Crippen molar-refractivity contribution in [2.75, 3.05) is 0 Å². The van der Waals surface area contributed by atoms with Crippen LogP contribution in [0.3, 0.4) is 0 Å². The molecule has 0 aromatic heterocycles. The fraction of sp³-hybridized carbons (Fsp3) is 1.00. The van der Waals surface area contributed by atoms with Crippen LogP contribution in [0.15, 0.2) is 0 Å². The van der Waals surface area contributed by atoms with Gasteiger partial charge in [-0.1, -0.05) is 6.92 Å². The number of hydrogen-bond donors (Lipinski definition) is 0. The fourth-order valence-electron chi connectivity index (χ4n) is 1.35. The van der Waals surface area contributed by atoms with Gasteiger partial charge in [-0.05, 0) is 25.7 Å². The maximum absolute atomic E-state index is 11.9. The third kappa shape index (κ3) is 2.03. The molecular formula is C7H11F3O3S. The molecule has 1 fully saturated rings. The van der Waals surface area contributed by atoms with Crippen LogP contribution < -0.4 is 0 Å². The van der Waals surface area contributed by atoms with Gasteiger partial charge in [0.2, 0.25) is 0 Å². The van der Waals surface area contributed by atoms with Crippen LogP contribution in [0.2, 0.25) is 0 Å². The Labute approximate surface area is 80.4 Å². The van der Waals surface area contributed by atoms with Gasteiger partial charge >= 0.3 is 15.6 Å². The molecule has 0 aromatic rings. The summed E-state index contributed by atoms with van der Waals surface area (Å²) in [6.45, 7) is 1.62. The van der Waals surface area contributed by atoms with Gasteiger partial charge in [0, 0.05) is 0 Å². The van der Waals surface area contributed by atoms with E-state index in [0.717, 1.165) is 0 Å². The lowest BCUT2D eigenvalue weighted by Crippen LogP contribution is -2.44. The first-order chi connectivity index (χ1) is 6.22. The minimum atomic E-state index is -5.43. The summed E-state index contributed by atoms with van der Waals surface area (Å²) in [5.74, 6) is 0. The van der Waals surface area contributed by atoms with Gasteiger partial charge in [-0.15, -0.1) is 0 Å². The molecule has 14 heavy (non-hydrogen) atoms. The highest BCUT2D eigenvalue weighted by Crippen LogP contribution is 2.42. The van der Waals surface area contributed by atoms with E-state index in [2.05, 4.69) is 4.18 Å². The second kappa shape index (κ2) is 3.37. The molecule has 0 bridgehead atoms. The van der Waals surface area contributed by atoms with E-state index in [0.29, 0.717) is 19.3 Å². The van der Waals surface area contributed by atoms with Crippen molar-refractivity contribution in [3.8, 4) is 0 Å². The highest BCUT2D eigenvalue weighted by molar-refractivity contribution is 7.87. The molecule has 0 saturated heterocycles. The molecule has 0 aliphatic heterocycles. The van der Waals surface area contributed by atoms with Gasteiger partial charge in [0.05, 0.1) is 5.60 Å². The quantitative estimate of drug-likeness (QED) is 0.553. The largest absolute Gasteiger partial charge is 0.523 e. The minimum absolute atomic E-state index is 0.280. The van der Waals surface area contributed by atoms with Crippen molar-refractivity contribution in [1.82, 2.24) is 0 Å². The maximum atomic E-state index is 11.9. The monoisotopic (exact) mass is 232 g/mol. The summed E-state index contributed by atoms with van der Waals surface area (Å²) in [5, 5.41) is 0. The molecule has 1 aliphatic carbocycles. The topological polar surface area (TPSA) is 43.4 Å². The number of halogens is 3. The molecule has 3 nitrogen and oxygen atoms in total. The second-order valence-electron chi connectivity index (χ2n) is 3.37. The molecule has 0 atom stereocenters. The normalized spacial score (nSPS) is 21.7. The van der Waals surface area contributed by atoms with Crippen molar-refractivity contribution >= 4 is 10.1 Å². The second-order valence-corrected chi connectivity index (χ2v) is 4.91. The Morgan fingerprint density at radius 2 is 1.86 bits per heavy atom. The van der Waals surface area contributed by atoms with Crippen molar-refractivity contribution in [2.24, 2.45) is 0 Å². The van der Waals surface area contributed by atoms with Gasteiger partial charge in [0.1, 0.15) is 0 Å². The molecule has 1 aliphatic rings. The summed E-state index contributed by atoms with van der Waals surface area (Å²) in [7, 11) is -5.43. The third-order valence-corrected chi connectivity index (χ3v) is 3.62. The third-order valence-electron chi connectivity index (χ3n) is 2.48. The van der Waals surface area contributed by atoms with Crippen LogP contribution in [0.25, 0.3) is 0 Å². The van der Waals surface area contributed by atoms with E-state index in [1.54, 1.807) is 6.92 Å². The molecule has 0 unspecified atom stereocenters. The van der Waals surface area contributed by atoms with Crippen LogP contribution >= 0.6 is 0 Å². The molecule has 84 valence electrons. The molecule has 1 rings (SSSR count). The number of hydrogen-bond acceptors (Lipinski definition) is 3.